The van der Waals surface area contributed by atoms with Crippen LogP contribution in [-0.2, 0) is 0 Å². The number of hydrogen-bond donors (Lipinski definition) is 0. The first-order valence-electron chi connectivity index (χ1n) is 10.3. The summed E-state index contributed by atoms with van der Waals surface area (Å²) in [6.07, 6.45) is 9.09. The lowest BCUT2D eigenvalue weighted by atomic mass is 10.0. The van der Waals surface area contributed by atoms with Crippen LogP contribution >= 0.6 is 11.8 Å². The maximum Gasteiger partial charge on any atom is 0.194 e. The summed E-state index contributed by atoms with van der Waals surface area (Å²) in [6, 6.07) is 16.4. The third-order valence-corrected chi connectivity index (χ3v) is 6.27. The lowest BCUT2D eigenvalue weighted by Gasteiger charge is -2.34. The van der Waals surface area contributed by atoms with Crippen LogP contribution in [0.2, 0.25) is 0 Å². The highest BCUT2D eigenvalue weighted by atomic mass is 32.2. The minimum Gasteiger partial charge on any atom is -0.271 e. The predicted octanol–water partition coefficient (Wildman–Crippen LogP) is 5.09. The highest BCUT2D eigenvalue weighted by molar-refractivity contribution is 7.99. The summed E-state index contributed by atoms with van der Waals surface area (Å²) in [5.74, 6) is 0.652. The Labute approximate surface area is 191 Å². The van der Waals surface area contributed by atoms with Gasteiger partial charge < -0.3 is 0 Å². The molecule has 0 spiro atoms. The molecule has 6 nitrogen and oxygen atoms in total. The molecule has 1 aliphatic rings. The van der Waals surface area contributed by atoms with E-state index in [1.807, 2.05) is 53.4 Å². The molecular weight excluding hydrogens is 416 g/mol. The average Bonchev–Trinajstić information content (AvgIpc) is 3.27. The number of rotatable bonds is 7. The predicted molar refractivity (Wildman–Crippen MR) is 127 cm³/mol. The number of fused-ring (bicyclic) bond motifs is 2. The van der Waals surface area contributed by atoms with Crippen molar-refractivity contribution in [1.82, 2.24) is 29.6 Å². The fourth-order valence-electron chi connectivity index (χ4n) is 3.86. The Morgan fingerprint density at radius 2 is 1.75 bits per heavy atom. The first-order valence-corrected chi connectivity index (χ1v) is 11.2. The molecule has 0 saturated heterocycles. The first-order chi connectivity index (χ1) is 15.8. The van der Waals surface area contributed by atoms with Crippen LogP contribution in [0.3, 0.4) is 0 Å². The zero-order valence-electron chi connectivity index (χ0n) is 17.5. The van der Waals surface area contributed by atoms with Crippen molar-refractivity contribution in [2.24, 2.45) is 0 Å². The highest BCUT2D eigenvalue weighted by Gasteiger charge is 2.34. The van der Waals surface area contributed by atoms with Gasteiger partial charge in [0.15, 0.2) is 11.0 Å². The van der Waals surface area contributed by atoms with Crippen LogP contribution in [-0.4, -0.2) is 42.7 Å². The van der Waals surface area contributed by atoms with E-state index in [1.165, 1.54) is 11.8 Å². The molecule has 0 amide bonds. The Morgan fingerprint density at radius 3 is 2.47 bits per heavy atom. The maximum absolute atomic E-state index is 4.90. The monoisotopic (exact) mass is 438 g/mol. The van der Waals surface area contributed by atoms with Gasteiger partial charge in [0.2, 0.25) is 0 Å². The molecular formula is C25H22N6S. The van der Waals surface area contributed by atoms with E-state index in [9.17, 15) is 0 Å². The van der Waals surface area contributed by atoms with Gasteiger partial charge in [-0.2, -0.15) is 0 Å². The molecule has 0 saturated carbocycles. The smallest absolute Gasteiger partial charge is 0.194 e. The zero-order valence-corrected chi connectivity index (χ0v) is 18.3. The van der Waals surface area contributed by atoms with Crippen molar-refractivity contribution in [1.29, 1.82) is 0 Å². The van der Waals surface area contributed by atoms with E-state index in [0.29, 0.717) is 18.9 Å². The molecule has 0 fully saturated rings. The summed E-state index contributed by atoms with van der Waals surface area (Å²) in [4.78, 5) is 16.1. The number of pyridine rings is 2. The van der Waals surface area contributed by atoms with Gasteiger partial charge >= 0.3 is 0 Å². The quantitative estimate of drug-likeness (QED) is 0.375. The van der Waals surface area contributed by atoms with Crippen molar-refractivity contribution in [3.63, 3.8) is 0 Å². The Kier molecular flexibility index (Phi) is 5.66. The van der Waals surface area contributed by atoms with E-state index >= 15 is 0 Å². The van der Waals surface area contributed by atoms with Crippen LogP contribution in [0.15, 0.2) is 103 Å². The normalized spacial score (nSPS) is 14.6. The van der Waals surface area contributed by atoms with Crippen LogP contribution in [0, 0.1) is 0 Å². The van der Waals surface area contributed by atoms with Crippen molar-refractivity contribution >= 4 is 11.8 Å². The van der Waals surface area contributed by atoms with Gasteiger partial charge in [-0.15, -0.1) is 18.3 Å². The fraction of sp³-hybridized carbons (Fsp3) is 0.120. The van der Waals surface area contributed by atoms with Gasteiger partial charge in [0, 0.05) is 48.4 Å². The van der Waals surface area contributed by atoms with Gasteiger partial charge in [-0.25, -0.2) is 14.6 Å². The summed E-state index contributed by atoms with van der Waals surface area (Å²) in [6.45, 7) is 9.27. The van der Waals surface area contributed by atoms with E-state index in [2.05, 4.69) is 41.2 Å². The van der Waals surface area contributed by atoms with Gasteiger partial charge in [-0.3, -0.25) is 9.88 Å². The average molecular weight is 439 g/mol. The van der Waals surface area contributed by atoms with Gasteiger partial charge in [-0.05, 0) is 35.5 Å². The highest BCUT2D eigenvalue weighted by Crippen LogP contribution is 2.42. The number of hydrogen-bond acceptors (Lipinski definition) is 6. The molecule has 0 bridgehead atoms. The van der Waals surface area contributed by atoms with Crippen molar-refractivity contribution in [2.45, 2.75) is 16.3 Å². The van der Waals surface area contributed by atoms with Crippen LogP contribution in [0.5, 0.6) is 0 Å². The van der Waals surface area contributed by atoms with Crippen LogP contribution in [0.25, 0.3) is 22.5 Å². The molecule has 1 aromatic carbocycles. The minimum absolute atomic E-state index is 0.175. The number of benzene rings is 1. The molecule has 0 unspecified atom stereocenters. The van der Waals surface area contributed by atoms with E-state index in [4.69, 9.17) is 15.1 Å². The van der Waals surface area contributed by atoms with E-state index in [-0.39, 0.29) is 6.17 Å². The van der Waals surface area contributed by atoms with Crippen molar-refractivity contribution in [3.05, 3.63) is 98.0 Å². The van der Waals surface area contributed by atoms with E-state index < -0.39 is 0 Å². The second kappa shape index (κ2) is 8.90. The van der Waals surface area contributed by atoms with E-state index in [0.717, 1.165) is 32.4 Å². The molecule has 4 aromatic rings. The SMILES string of the molecule is C=CCN(CC=C)[C@@H]1c2cc(-c3ccccc3)cnc2Sc2nc(-c3cccnc3)nn21. The van der Waals surface area contributed by atoms with Crippen LogP contribution < -0.4 is 0 Å². The Balaban J connectivity index is 1.66. The summed E-state index contributed by atoms with van der Waals surface area (Å²) in [5.41, 5.74) is 4.18. The Bertz CT molecular complexity index is 1240. The van der Waals surface area contributed by atoms with Crippen molar-refractivity contribution < 1.29 is 0 Å². The second-order valence-corrected chi connectivity index (χ2v) is 8.35. The van der Waals surface area contributed by atoms with Gasteiger partial charge in [-0.1, -0.05) is 42.5 Å². The third-order valence-electron chi connectivity index (χ3n) is 5.28. The molecule has 5 rings (SSSR count). The van der Waals surface area contributed by atoms with Gasteiger partial charge in [0.25, 0.3) is 0 Å². The first kappa shape index (κ1) is 20.4. The summed E-state index contributed by atoms with van der Waals surface area (Å²) >= 11 is 1.54. The maximum atomic E-state index is 4.90. The number of aromatic nitrogens is 5. The lowest BCUT2D eigenvalue weighted by Crippen LogP contribution is -2.36. The minimum atomic E-state index is -0.175. The van der Waals surface area contributed by atoms with Gasteiger partial charge in [0.05, 0.1) is 0 Å². The second-order valence-electron chi connectivity index (χ2n) is 7.40. The third kappa shape index (κ3) is 3.77. The Hall–Kier alpha value is -3.55. The van der Waals surface area contributed by atoms with Crippen LogP contribution in [0.1, 0.15) is 11.7 Å². The molecule has 7 heteroatoms. The van der Waals surface area contributed by atoms with E-state index in [1.54, 1.807) is 12.4 Å². The largest absolute Gasteiger partial charge is 0.271 e. The van der Waals surface area contributed by atoms with Gasteiger partial charge in [0.1, 0.15) is 11.2 Å². The molecule has 4 heterocycles. The summed E-state index contributed by atoms with van der Waals surface area (Å²) < 4.78 is 1.98. The summed E-state index contributed by atoms with van der Waals surface area (Å²) in [5, 5.41) is 6.64. The van der Waals surface area contributed by atoms with Crippen molar-refractivity contribution in [2.75, 3.05) is 13.1 Å². The topological polar surface area (TPSA) is 59.7 Å². The molecule has 0 aliphatic carbocycles. The molecule has 3 aromatic heterocycles. The van der Waals surface area contributed by atoms with Crippen LogP contribution in [0.4, 0.5) is 0 Å². The molecule has 0 radical (unpaired) electrons. The number of nitrogens with zero attached hydrogens (tertiary/aromatic N) is 6. The molecule has 32 heavy (non-hydrogen) atoms. The summed E-state index contributed by atoms with van der Waals surface area (Å²) in [7, 11) is 0. The Morgan fingerprint density at radius 1 is 0.969 bits per heavy atom. The standard InChI is InChI=1S/C25H22N6S/c1-3-13-30(14-4-2)24-21-15-20(18-9-6-5-7-10-18)17-27-23(21)32-25-28-22(29-31(24)25)19-11-8-12-26-16-19/h3-12,15-17,24H,1-2,13-14H2/t24-/m0/s1. The van der Waals surface area contributed by atoms with Crippen molar-refractivity contribution in [3.8, 4) is 22.5 Å². The molecule has 158 valence electrons. The lowest BCUT2D eigenvalue weighted by molar-refractivity contribution is 0.180. The molecule has 1 aliphatic heterocycles. The zero-order chi connectivity index (χ0) is 21.9. The fourth-order valence-corrected chi connectivity index (χ4v) is 4.79. The molecule has 0 N–H and O–H groups in total. The molecule has 1 atom stereocenters.